The van der Waals surface area contributed by atoms with E-state index in [-0.39, 0.29) is 17.9 Å². The number of nitrogens with zero attached hydrogens (tertiary/aromatic N) is 2. The van der Waals surface area contributed by atoms with Gasteiger partial charge in [-0.1, -0.05) is 13.8 Å². The molecule has 2 heterocycles. The number of alkyl carbamates (subject to hydrolysis) is 1. The van der Waals surface area contributed by atoms with Gasteiger partial charge in [-0.3, -0.25) is 19.4 Å². The van der Waals surface area contributed by atoms with Crippen LogP contribution in [0.2, 0.25) is 0 Å². The maximum absolute atomic E-state index is 12.7. The molecular weight excluding hydrogens is 478 g/mol. The summed E-state index contributed by atoms with van der Waals surface area (Å²) in [5.41, 5.74) is 1.87. The van der Waals surface area contributed by atoms with Crippen LogP contribution in [-0.4, -0.2) is 58.5 Å². The fourth-order valence-electron chi connectivity index (χ4n) is 4.21. The van der Waals surface area contributed by atoms with E-state index in [1.165, 1.54) is 11.3 Å². The van der Waals surface area contributed by atoms with Gasteiger partial charge in [0.2, 0.25) is 5.91 Å². The first kappa shape index (κ1) is 25.7. The quantitative estimate of drug-likeness (QED) is 0.302. The van der Waals surface area contributed by atoms with Gasteiger partial charge in [0.25, 0.3) is 0 Å². The molecular formula is C26H33N5O4S. The normalized spacial score (nSPS) is 12.1. The van der Waals surface area contributed by atoms with Gasteiger partial charge in [0.1, 0.15) is 12.1 Å². The van der Waals surface area contributed by atoms with Crippen LogP contribution in [0.15, 0.2) is 35.1 Å². The molecule has 9 nitrogen and oxygen atoms in total. The van der Waals surface area contributed by atoms with Crippen molar-refractivity contribution in [2.75, 3.05) is 31.5 Å². The second-order valence-corrected chi connectivity index (χ2v) is 10.7. The molecule has 0 saturated carbocycles. The number of rotatable bonds is 8. The van der Waals surface area contributed by atoms with E-state index in [0.29, 0.717) is 5.69 Å². The number of H-pyrrole nitrogens is 1. The van der Waals surface area contributed by atoms with Crippen molar-refractivity contribution in [3.63, 3.8) is 0 Å². The molecule has 2 aromatic heterocycles. The Kier molecular flexibility index (Phi) is 7.37. The van der Waals surface area contributed by atoms with E-state index in [0.717, 1.165) is 57.4 Å². The summed E-state index contributed by atoms with van der Waals surface area (Å²) in [7, 11) is 0. The molecule has 0 spiro atoms. The van der Waals surface area contributed by atoms with Gasteiger partial charge < -0.3 is 20.3 Å². The maximum Gasteiger partial charge on any atom is 0.408 e. The molecule has 0 unspecified atom stereocenters. The zero-order valence-corrected chi connectivity index (χ0v) is 22.2. The Morgan fingerprint density at radius 1 is 1.14 bits per heavy atom. The van der Waals surface area contributed by atoms with Crippen LogP contribution in [0.25, 0.3) is 31.2 Å². The number of ether oxygens (including phenoxy) is 1. The summed E-state index contributed by atoms with van der Waals surface area (Å²) in [6.45, 7) is 13.0. The molecule has 0 aliphatic rings. The monoisotopic (exact) mass is 511 g/mol. The average molecular weight is 512 g/mol. The minimum absolute atomic E-state index is 0.0648. The molecule has 2 aromatic carbocycles. The highest BCUT2D eigenvalue weighted by Gasteiger charge is 2.19. The predicted molar refractivity (Wildman–Crippen MR) is 146 cm³/mol. The highest BCUT2D eigenvalue weighted by Crippen LogP contribution is 2.40. The van der Waals surface area contributed by atoms with Crippen molar-refractivity contribution in [1.82, 2.24) is 20.0 Å². The van der Waals surface area contributed by atoms with Crippen molar-refractivity contribution < 1.29 is 14.3 Å². The molecule has 192 valence electrons. The van der Waals surface area contributed by atoms with E-state index < -0.39 is 11.7 Å². The Hall–Kier alpha value is -3.37. The number of anilines is 1. The maximum atomic E-state index is 12.7. The number of nitrogens with one attached hydrogen (secondary N) is 3. The number of fused-ring (bicyclic) bond motifs is 2. The van der Waals surface area contributed by atoms with Crippen molar-refractivity contribution >= 4 is 60.2 Å². The zero-order chi connectivity index (χ0) is 26.0. The smallest absolute Gasteiger partial charge is 0.408 e. The topological polar surface area (TPSA) is 108 Å². The molecule has 0 fully saturated rings. The van der Waals surface area contributed by atoms with E-state index in [1.807, 2.05) is 18.2 Å². The second-order valence-electron chi connectivity index (χ2n) is 9.67. The van der Waals surface area contributed by atoms with Crippen molar-refractivity contribution in [2.24, 2.45) is 0 Å². The number of hydrogen-bond donors (Lipinski definition) is 3. The van der Waals surface area contributed by atoms with Crippen LogP contribution in [0.1, 0.15) is 34.6 Å². The largest absolute Gasteiger partial charge is 0.444 e. The molecule has 36 heavy (non-hydrogen) atoms. The molecule has 3 N–H and O–H groups in total. The molecule has 0 radical (unpaired) electrons. The first-order valence-electron chi connectivity index (χ1n) is 12.2. The van der Waals surface area contributed by atoms with Crippen LogP contribution >= 0.6 is 11.3 Å². The first-order valence-corrected chi connectivity index (χ1v) is 13.0. The molecule has 0 aliphatic heterocycles. The summed E-state index contributed by atoms with van der Waals surface area (Å²) in [4.78, 5) is 39.1. The van der Waals surface area contributed by atoms with Gasteiger partial charge in [-0.05, 0) is 58.1 Å². The number of hydrogen-bond acceptors (Lipinski definition) is 6. The lowest BCUT2D eigenvalue weighted by atomic mass is 10.1. The summed E-state index contributed by atoms with van der Waals surface area (Å²) >= 11 is 1.47. The Bertz CT molecular complexity index is 1470. The molecule has 0 atom stereocenters. The van der Waals surface area contributed by atoms with Crippen LogP contribution in [0.3, 0.4) is 0 Å². The van der Waals surface area contributed by atoms with Gasteiger partial charge in [0.15, 0.2) is 5.43 Å². The highest BCUT2D eigenvalue weighted by molar-refractivity contribution is 7.25. The van der Waals surface area contributed by atoms with E-state index in [4.69, 9.17) is 4.74 Å². The number of benzene rings is 2. The fourth-order valence-corrected chi connectivity index (χ4v) is 5.42. The Balaban J connectivity index is 1.70. The number of aromatic amines is 1. The molecule has 10 heteroatoms. The summed E-state index contributed by atoms with van der Waals surface area (Å²) < 4.78 is 9.03. The zero-order valence-electron chi connectivity index (χ0n) is 21.4. The Labute approximate surface area is 213 Å². The van der Waals surface area contributed by atoms with Gasteiger partial charge in [-0.25, -0.2) is 4.79 Å². The van der Waals surface area contributed by atoms with Crippen LogP contribution in [0.5, 0.6) is 0 Å². The third-order valence-electron chi connectivity index (χ3n) is 5.96. The number of carbonyl (C=O) groups excluding carboxylic acids is 2. The van der Waals surface area contributed by atoms with Gasteiger partial charge in [0, 0.05) is 28.1 Å². The number of amides is 2. The van der Waals surface area contributed by atoms with Crippen LogP contribution in [0.4, 0.5) is 10.5 Å². The third kappa shape index (κ3) is 5.55. The van der Waals surface area contributed by atoms with Crippen molar-refractivity contribution in [2.45, 2.75) is 46.8 Å². The number of aromatic nitrogens is 2. The Morgan fingerprint density at radius 3 is 2.58 bits per heavy atom. The van der Waals surface area contributed by atoms with Crippen molar-refractivity contribution in [1.29, 1.82) is 0 Å². The molecule has 0 bridgehead atoms. The van der Waals surface area contributed by atoms with Crippen LogP contribution in [-0.2, 0) is 16.1 Å². The fraction of sp³-hybridized carbons (Fsp3) is 0.423. The molecule has 4 rings (SSSR count). The van der Waals surface area contributed by atoms with Crippen LogP contribution in [0, 0.1) is 0 Å². The van der Waals surface area contributed by atoms with Gasteiger partial charge in [-0.2, -0.15) is 0 Å². The lowest BCUT2D eigenvalue weighted by molar-refractivity contribution is -0.115. The van der Waals surface area contributed by atoms with E-state index >= 15 is 0 Å². The van der Waals surface area contributed by atoms with Gasteiger partial charge in [-0.15, -0.1) is 11.3 Å². The molecule has 4 aromatic rings. The van der Waals surface area contributed by atoms with E-state index in [2.05, 4.69) is 39.2 Å². The average Bonchev–Trinajstić information content (AvgIpc) is 3.18. The Morgan fingerprint density at radius 2 is 1.89 bits per heavy atom. The molecule has 0 saturated heterocycles. The number of likely N-dealkylation sites (N-methyl/N-ethyl adjacent to an activating group) is 1. The highest BCUT2D eigenvalue weighted by atomic mass is 32.1. The minimum atomic E-state index is -0.650. The summed E-state index contributed by atoms with van der Waals surface area (Å²) in [6, 6.07) is 8.91. The minimum Gasteiger partial charge on any atom is -0.444 e. The lowest BCUT2D eigenvalue weighted by Crippen LogP contribution is -2.37. The second kappa shape index (κ2) is 10.3. The SMILES string of the molecule is CCN(CC)CCn1[nH]c2c3ccc(=O)cc3sc3c(NC(=O)CNC(=O)OC(C)(C)C)ccc1c32. The van der Waals surface area contributed by atoms with Crippen molar-refractivity contribution in [3.05, 3.63) is 40.6 Å². The predicted octanol–water partition coefficient (Wildman–Crippen LogP) is 4.50. The van der Waals surface area contributed by atoms with Gasteiger partial charge >= 0.3 is 6.09 Å². The van der Waals surface area contributed by atoms with Crippen LogP contribution < -0.4 is 16.1 Å². The van der Waals surface area contributed by atoms with E-state index in [1.54, 1.807) is 32.9 Å². The molecule has 0 aliphatic carbocycles. The number of carbonyl (C=O) groups is 2. The first-order chi connectivity index (χ1) is 17.1. The van der Waals surface area contributed by atoms with Gasteiger partial charge in [0.05, 0.1) is 28.0 Å². The summed E-state index contributed by atoms with van der Waals surface area (Å²) in [5.74, 6) is -0.369. The third-order valence-corrected chi connectivity index (χ3v) is 7.14. The van der Waals surface area contributed by atoms with Crippen molar-refractivity contribution in [3.8, 4) is 0 Å². The standard InChI is InChI=1S/C26H33N5O4S/c1-6-30(7-2)12-13-31-19-11-10-18(28-21(33)15-27-25(34)35-26(3,4)5)24-22(19)23(29-31)17-9-8-16(32)14-20(17)36-24/h8-11,14,29H,6-7,12-13,15H2,1-5H3,(H,27,34)(H,28,33). The summed E-state index contributed by atoms with van der Waals surface area (Å²) in [6.07, 6.45) is -0.650. The molecule has 2 amide bonds. The summed E-state index contributed by atoms with van der Waals surface area (Å²) in [5, 5.41) is 10.9. The lowest BCUT2D eigenvalue weighted by Gasteiger charge is -2.19. The van der Waals surface area contributed by atoms with E-state index in [9.17, 15) is 14.4 Å².